The molecule has 142 valence electrons. The Kier molecular flexibility index (Phi) is 11.1. The van der Waals surface area contributed by atoms with Crippen LogP contribution in [0.5, 0.6) is 0 Å². The van der Waals surface area contributed by atoms with Gasteiger partial charge in [0.2, 0.25) is 0 Å². The molecule has 2 heterocycles. The van der Waals surface area contributed by atoms with Crippen molar-refractivity contribution in [1.29, 1.82) is 0 Å². The van der Waals surface area contributed by atoms with Gasteiger partial charge in [0.25, 0.3) is 0 Å². The van der Waals surface area contributed by atoms with Crippen LogP contribution in [0.15, 0.2) is 78.0 Å². The van der Waals surface area contributed by atoms with Crippen LogP contribution in [-0.4, -0.2) is 16.2 Å². The second-order valence-electron chi connectivity index (χ2n) is 5.17. The number of benzene rings is 1. The van der Waals surface area contributed by atoms with Crippen molar-refractivity contribution in [3.8, 4) is 0 Å². The summed E-state index contributed by atoms with van der Waals surface area (Å²) in [6.45, 7) is 1.52. The minimum atomic E-state index is 0. The molecule has 3 aromatic rings. The summed E-state index contributed by atoms with van der Waals surface area (Å²) in [7, 11) is 4.20. The second-order valence-corrected chi connectivity index (χ2v) is 6.02. The number of hydrogen-bond acceptors (Lipinski definition) is 4. The van der Waals surface area contributed by atoms with E-state index < -0.39 is 0 Å². The van der Waals surface area contributed by atoms with Crippen molar-refractivity contribution >= 4 is 27.5 Å². The van der Waals surface area contributed by atoms with Crippen molar-refractivity contribution in [2.24, 2.45) is 0 Å². The van der Waals surface area contributed by atoms with Crippen LogP contribution in [0, 0.1) is 7.43 Å². The quantitative estimate of drug-likeness (QED) is 0.289. The number of aromatic nitrogens is 2. The van der Waals surface area contributed by atoms with Gasteiger partial charge in [-0.05, 0) is 42.7 Å². The Morgan fingerprint density at radius 2 is 1.35 bits per heavy atom. The summed E-state index contributed by atoms with van der Waals surface area (Å²) < 4.78 is 0. The Labute approximate surface area is 173 Å². The van der Waals surface area contributed by atoms with Gasteiger partial charge in [-0.25, -0.2) is 0 Å². The van der Waals surface area contributed by atoms with Gasteiger partial charge >= 0.3 is 25.2 Å². The Hall–Kier alpha value is -1.52. The summed E-state index contributed by atoms with van der Waals surface area (Å²) >= 11 is 5.42. The van der Waals surface area contributed by atoms with Crippen LogP contribution >= 0.6 is 21.9 Å². The monoisotopic (exact) mass is 434 g/mol. The summed E-state index contributed by atoms with van der Waals surface area (Å²) in [4.78, 5) is 12.5. The van der Waals surface area contributed by atoms with E-state index in [0.29, 0.717) is 0 Å². The number of halogens is 1. The van der Waals surface area contributed by atoms with E-state index >= 15 is 0 Å². The third-order valence-corrected chi connectivity index (χ3v) is 4.37. The molecule has 0 amide bonds. The van der Waals surface area contributed by atoms with Crippen LogP contribution in [0.3, 0.4) is 0 Å². The molecule has 0 aliphatic rings. The molecule has 0 aliphatic heterocycles. The normalized spacial score (nSPS) is 9.54. The van der Waals surface area contributed by atoms with E-state index in [1.165, 1.54) is 10.6 Å². The Balaban J connectivity index is 0.00000109. The number of hydrogen-bond donors (Lipinski definition) is 0. The van der Waals surface area contributed by atoms with Crippen LogP contribution in [0.4, 0.5) is 5.69 Å². The minimum absolute atomic E-state index is 0. The first-order valence-corrected chi connectivity index (χ1v) is 10.2. The molecule has 3 nitrogen and oxygen atoms in total. The first-order valence-electron chi connectivity index (χ1n) is 7.66. The molecule has 0 radical (unpaired) electrons. The number of anilines is 1. The molecule has 0 saturated carbocycles. The van der Waals surface area contributed by atoms with Crippen molar-refractivity contribution in [3.05, 3.63) is 91.9 Å². The van der Waals surface area contributed by atoms with Crippen molar-refractivity contribution in [2.45, 2.75) is 18.0 Å². The summed E-state index contributed by atoms with van der Waals surface area (Å²) in [6.07, 6.45) is 5.79. The number of thioether (sulfide) groups is 1. The molecule has 0 bridgehead atoms. The molecule has 1 aromatic carbocycles. The average Bonchev–Trinajstić information content (AvgIpc) is 2.70. The number of pyridine rings is 2. The van der Waals surface area contributed by atoms with Gasteiger partial charge in [0.15, 0.2) is 0 Å². The molecular formula is C20H22ClCuN3S-. The van der Waals surface area contributed by atoms with Crippen molar-refractivity contribution in [2.75, 3.05) is 11.2 Å². The van der Waals surface area contributed by atoms with Crippen molar-refractivity contribution in [1.82, 2.24) is 9.97 Å². The SMILES string of the molecule is CSc1ccccc1N(Cc1ccccn1)Cc1ccccn1.[CH3-].[Cl][Cu]. The van der Waals surface area contributed by atoms with Gasteiger partial charge in [-0.3, -0.25) is 9.97 Å². The zero-order valence-corrected chi connectivity index (χ0v) is 17.3. The molecule has 6 heteroatoms. The van der Waals surface area contributed by atoms with Crippen LogP contribution in [0.2, 0.25) is 0 Å². The standard InChI is InChI=1S/C19H19N3S.CH3.ClH.Cu/c1-23-19-11-3-2-10-18(19)22(14-16-8-4-6-12-20-16)15-17-9-5-7-13-21-17;;;/h2-13H,14-15H2,1H3;1H3;1H;/q;-1;;+1/p-1. The zero-order chi connectivity index (χ0) is 17.9. The summed E-state index contributed by atoms with van der Waals surface area (Å²) in [6, 6.07) is 20.6. The van der Waals surface area contributed by atoms with Gasteiger partial charge in [0, 0.05) is 17.3 Å². The third-order valence-electron chi connectivity index (χ3n) is 3.58. The van der Waals surface area contributed by atoms with E-state index in [1.54, 1.807) is 11.8 Å². The molecule has 26 heavy (non-hydrogen) atoms. The molecule has 0 atom stereocenters. The maximum atomic E-state index is 4.47. The van der Waals surface area contributed by atoms with E-state index in [9.17, 15) is 0 Å². The van der Waals surface area contributed by atoms with Gasteiger partial charge in [0.05, 0.1) is 30.2 Å². The molecule has 2 aromatic heterocycles. The van der Waals surface area contributed by atoms with E-state index in [0.717, 1.165) is 24.5 Å². The number of nitrogens with zero attached hydrogens (tertiary/aromatic N) is 3. The summed E-state index contributed by atoms with van der Waals surface area (Å²) in [5, 5.41) is 0. The maximum absolute atomic E-state index is 4.47. The van der Waals surface area contributed by atoms with Crippen molar-refractivity contribution in [3.63, 3.8) is 0 Å². The molecule has 0 aliphatic carbocycles. The molecule has 0 saturated heterocycles. The fourth-order valence-electron chi connectivity index (χ4n) is 2.49. The number of para-hydroxylation sites is 1. The van der Waals surface area contributed by atoms with E-state index in [1.807, 2.05) is 36.7 Å². The summed E-state index contributed by atoms with van der Waals surface area (Å²) in [5.41, 5.74) is 3.33. The molecule has 0 spiro atoms. The van der Waals surface area contributed by atoms with Gasteiger partial charge < -0.3 is 12.3 Å². The Morgan fingerprint density at radius 1 is 0.846 bits per heavy atom. The van der Waals surface area contributed by atoms with Crippen LogP contribution in [0.25, 0.3) is 0 Å². The van der Waals surface area contributed by atoms with E-state index in [2.05, 4.69) is 82.7 Å². The first-order chi connectivity index (χ1) is 12.4. The van der Waals surface area contributed by atoms with Gasteiger partial charge in [-0.1, -0.05) is 24.3 Å². The van der Waals surface area contributed by atoms with Crippen LogP contribution < -0.4 is 4.90 Å². The predicted molar refractivity (Wildman–Crippen MR) is 109 cm³/mol. The van der Waals surface area contributed by atoms with Gasteiger partial charge in [0.1, 0.15) is 0 Å². The first kappa shape index (κ1) is 22.5. The topological polar surface area (TPSA) is 29.0 Å². The van der Waals surface area contributed by atoms with E-state index in [-0.39, 0.29) is 7.43 Å². The Bertz CT molecular complexity index is 703. The van der Waals surface area contributed by atoms with E-state index in [4.69, 9.17) is 0 Å². The molecule has 0 fully saturated rings. The van der Waals surface area contributed by atoms with Crippen LogP contribution in [-0.2, 0) is 28.2 Å². The van der Waals surface area contributed by atoms with Gasteiger partial charge in [-0.2, -0.15) is 0 Å². The van der Waals surface area contributed by atoms with Crippen LogP contribution in [0.1, 0.15) is 11.4 Å². The van der Waals surface area contributed by atoms with Gasteiger partial charge in [-0.15, -0.1) is 11.8 Å². The molecular weight excluding hydrogens is 413 g/mol. The fourth-order valence-corrected chi connectivity index (χ4v) is 3.11. The predicted octanol–water partition coefficient (Wildman–Crippen LogP) is 5.54. The second kappa shape index (κ2) is 12.8. The molecule has 0 unspecified atom stereocenters. The summed E-state index contributed by atoms with van der Waals surface area (Å²) in [5.74, 6) is 0. The molecule has 3 rings (SSSR count). The fraction of sp³-hybridized carbons (Fsp3) is 0.150. The zero-order valence-electron chi connectivity index (χ0n) is 14.8. The number of rotatable bonds is 6. The molecule has 0 N–H and O–H groups in total. The Morgan fingerprint density at radius 3 is 1.81 bits per heavy atom. The average molecular weight is 435 g/mol. The third kappa shape index (κ3) is 6.65. The van der Waals surface area contributed by atoms with Crippen molar-refractivity contribution < 1.29 is 15.1 Å².